The lowest BCUT2D eigenvalue weighted by atomic mass is 10.1. The quantitative estimate of drug-likeness (QED) is 0.561. The average molecular weight is 210 g/mol. The third-order valence-electron chi connectivity index (χ3n) is 2.15. The van der Waals surface area contributed by atoms with Crippen LogP contribution in [0.5, 0.6) is 0 Å². The van der Waals surface area contributed by atoms with E-state index in [0.29, 0.717) is 0 Å². The van der Waals surface area contributed by atoms with Crippen LogP contribution >= 0.6 is 0 Å². The minimum Gasteiger partial charge on any atom is -0.399 e. The molecule has 80 valence electrons. The zero-order valence-electron chi connectivity index (χ0n) is 8.93. The van der Waals surface area contributed by atoms with Crippen LogP contribution in [0.4, 0.5) is 11.4 Å². The highest BCUT2D eigenvalue weighted by molar-refractivity contribution is 5.67. The van der Waals surface area contributed by atoms with E-state index in [4.69, 9.17) is 11.5 Å². The molecule has 0 saturated heterocycles. The van der Waals surface area contributed by atoms with Gasteiger partial charge in [-0.05, 0) is 35.4 Å². The Kier molecular flexibility index (Phi) is 3.99. The fourth-order valence-electron chi connectivity index (χ4n) is 1.35. The molecule has 0 heterocycles. The third-order valence-corrected chi connectivity index (χ3v) is 2.15. The number of nitrogen functional groups attached to an aromatic ring is 2. The molecular weight excluding hydrogens is 196 g/mol. The maximum atomic E-state index is 5.61. The van der Waals surface area contributed by atoms with Gasteiger partial charge in [-0.1, -0.05) is 24.3 Å². The molecule has 0 radical (unpaired) electrons. The van der Waals surface area contributed by atoms with E-state index >= 15 is 0 Å². The molecule has 0 unspecified atom stereocenters. The summed E-state index contributed by atoms with van der Waals surface area (Å²) in [5.41, 5.74) is 15.1. The lowest BCUT2D eigenvalue weighted by molar-refractivity contribution is 1.61. The van der Waals surface area contributed by atoms with E-state index < -0.39 is 0 Å². The van der Waals surface area contributed by atoms with Crippen LogP contribution in [0.3, 0.4) is 0 Å². The molecule has 2 rings (SSSR count). The molecule has 2 nitrogen and oxygen atoms in total. The zero-order valence-corrected chi connectivity index (χ0v) is 8.93. The maximum Gasteiger partial charge on any atom is 0.0314 e. The van der Waals surface area contributed by atoms with Gasteiger partial charge in [0.15, 0.2) is 0 Å². The summed E-state index contributed by atoms with van der Waals surface area (Å²) in [4.78, 5) is 0. The number of rotatable bonds is 1. The Morgan fingerprint density at radius 1 is 0.562 bits per heavy atom. The van der Waals surface area contributed by atoms with Gasteiger partial charge in [0, 0.05) is 11.4 Å². The highest BCUT2D eigenvalue weighted by atomic mass is 14.5. The smallest absolute Gasteiger partial charge is 0.0314 e. The van der Waals surface area contributed by atoms with Crippen LogP contribution in [-0.4, -0.2) is 0 Å². The van der Waals surface area contributed by atoms with Crippen molar-refractivity contribution < 1.29 is 0 Å². The van der Waals surface area contributed by atoms with E-state index in [2.05, 4.69) is 12.8 Å². The molecule has 0 bridgehead atoms. The molecule has 16 heavy (non-hydrogen) atoms. The SMILES string of the molecule is C#C.Nc1ccc(-c2ccc(N)cc2)cc1. The Morgan fingerprint density at radius 3 is 1.06 bits per heavy atom. The van der Waals surface area contributed by atoms with Crippen molar-refractivity contribution in [2.24, 2.45) is 0 Å². The van der Waals surface area contributed by atoms with Gasteiger partial charge in [-0.15, -0.1) is 12.8 Å². The Morgan fingerprint density at radius 2 is 0.812 bits per heavy atom. The molecule has 0 fully saturated rings. The van der Waals surface area contributed by atoms with Gasteiger partial charge in [0.25, 0.3) is 0 Å². The number of benzene rings is 2. The summed E-state index contributed by atoms with van der Waals surface area (Å²) < 4.78 is 0. The zero-order chi connectivity index (χ0) is 12.0. The van der Waals surface area contributed by atoms with Crippen molar-refractivity contribution in [3.63, 3.8) is 0 Å². The van der Waals surface area contributed by atoms with Gasteiger partial charge < -0.3 is 11.5 Å². The predicted octanol–water partition coefficient (Wildman–Crippen LogP) is 2.77. The van der Waals surface area contributed by atoms with E-state index in [-0.39, 0.29) is 0 Å². The van der Waals surface area contributed by atoms with Gasteiger partial charge in [-0.25, -0.2) is 0 Å². The van der Waals surface area contributed by atoms with Crippen molar-refractivity contribution in [1.82, 2.24) is 0 Å². The first-order valence-corrected chi connectivity index (χ1v) is 4.80. The lowest BCUT2D eigenvalue weighted by Gasteiger charge is -2.02. The summed E-state index contributed by atoms with van der Waals surface area (Å²) in [6.07, 6.45) is 8.00. The summed E-state index contributed by atoms with van der Waals surface area (Å²) in [5, 5.41) is 0. The van der Waals surface area contributed by atoms with Gasteiger partial charge in [-0.2, -0.15) is 0 Å². The second kappa shape index (κ2) is 5.47. The molecule has 2 aromatic rings. The number of hydrogen-bond donors (Lipinski definition) is 2. The number of hydrogen-bond acceptors (Lipinski definition) is 2. The van der Waals surface area contributed by atoms with Gasteiger partial charge in [0.1, 0.15) is 0 Å². The number of terminal acetylenes is 1. The predicted molar refractivity (Wildman–Crippen MR) is 70.6 cm³/mol. The Hall–Kier alpha value is -2.40. The fraction of sp³-hybridized carbons (Fsp3) is 0. The lowest BCUT2D eigenvalue weighted by Crippen LogP contribution is -1.85. The first-order chi connectivity index (χ1) is 7.75. The van der Waals surface area contributed by atoms with E-state index in [1.165, 1.54) is 0 Å². The number of nitrogens with two attached hydrogens (primary N) is 2. The first-order valence-electron chi connectivity index (χ1n) is 4.80. The minimum absolute atomic E-state index is 0.782. The van der Waals surface area contributed by atoms with Crippen molar-refractivity contribution in [2.75, 3.05) is 11.5 Å². The van der Waals surface area contributed by atoms with Crippen LogP contribution in [-0.2, 0) is 0 Å². The summed E-state index contributed by atoms with van der Waals surface area (Å²) in [6.45, 7) is 0. The molecule has 4 N–H and O–H groups in total. The summed E-state index contributed by atoms with van der Waals surface area (Å²) in [5.74, 6) is 0. The largest absolute Gasteiger partial charge is 0.399 e. The fourth-order valence-corrected chi connectivity index (χ4v) is 1.35. The molecule has 2 heteroatoms. The molecule has 0 saturated carbocycles. The van der Waals surface area contributed by atoms with Crippen molar-refractivity contribution in [3.8, 4) is 24.0 Å². The van der Waals surface area contributed by atoms with E-state index in [9.17, 15) is 0 Å². The second-order valence-corrected chi connectivity index (χ2v) is 3.24. The Bertz CT molecular complexity index is 409. The normalized spacial score (nSPS) is 8.88. The summed E-state index contributed by atoms with van der Waals surface area (Å²) >= 11 is 0. The molecule has 0 spiro atoms. The topological polar surface area (TPSA) is 52.0 Å². The van der Waals surface area contributed by atoms with Crippen LogP contribution in [0.1, 0.15) is 0 Å². The van der Waals surface area contributed by atoms with Crippen molar-refractivity contribution in [1.29, 1.82) is 0 Å². The highest BCUT2D eigenvalue weighted by Crippen LogP contribution is 2.21. The second-order valence-electron chi connectivity index (χ2n) is 3.24. The van der Waals surface area contributed by atoms with Crippen LogP contribution in [0.15, 0.2) is 48.5 Å². The monoisotopic (exact) mass is 210 g/mol. The van der Waals surface area contributed by atoms with E-state index in [1.807, 2.05) is 48.5 Å². The Balaban J connectivity index is 0.000000606. The van der Waals surface area contributed by atoms with E-state index in [1.54, 1.807) is 0 Å². The van der Waals surface area contributed by atoms with Crippen molar-refractivity contribution >= 4 is 11.4 Å². The standard InChI is InChI=1S/C12H12N2.C2H2/c13-11-5-1-9(2-6-11)10-3-7-12(14)8-4-10;1-2/h1-8H,13-14H2;1-2H. The summed E-state index contributed by atoms with van der Waals surface area (Å²) in [7, 11) is 0. The van der Waals surface area contributed by atoms with E-state index in [0.717, 1.165) is 22.5 Å². The van der Waals surface area contributed by atoms with Crippen LogP contribution in [0.25, 0.3) is 11.1 Å². The van der Waals surface area contributed by atoms with Gasteiger partial charge >= 0.3 is 0 Å². The molecule has 0 atom stereocenters. The maximum absolute atomic E-state index is 5.61. The molecule has 0 amide bonds. The Labute approximate surface area is 95.9 Å². The first kappa shape index (κ1) is 11.7. The van der Waals surface area contributed by atoms with Gasteiger partial charge in [-0.3, -0.25) is 0 Å². The average Bonchev–Trinajstić information content (AvgIpc) is 2.34. The van der Waals surface area contributed by atoms with Crippen molar-refractivity contribution in [3.05, 3.63) is 48.5 Å². The van der Waals surface area contributed by atoms with Crippen LogP contribution in [0.2, 0.25) is 0 Å². The van der Waals surface area contributed by atoms with Gasteiger partial charge in [0.2, 0.25) is 0 Å². The van der Waals surface area contributed by atoms with Crippen LogP contribution < -0.4 is 11.5 Å². The summed E-state index contributed by atoms with van der Waals surface area (Å²) in [6, 6.07) is 15.6. The minimum atomic E-state index is 0.782. The molecule has 0 aliphatic carbocycles. The highest BCUT2D eigenvalue weighted by Gasteiger charge is 1.95. The van der Waals surface area contributed by atoms with Gasteiger partial charge in [0.05, 0.1) is 0 Å². The molecule has 0 aliphatic heterocycles. The molecule has 0 aromatic heterocycles. The molecular formula is C14H14N2. The van der Waals surface area contributed by atoms with Crippen LogP contribution in [0, 0.1) is 12.8 Å². The number of anilines is 2. The third kappa shape index (κ3) is 2.79. The molecule has 0 aliphatic rings. The van der Waals surface area contributed by atoms with Crippen molar-refractivity contribution in [2.45, 2.75) is 0 Å². The molecule has 2 aromatic carbocycles.